The minimum atomic E-state index is 0.322. The number of nitrogens with one attached hydrogen (secondary N) is 1. The summed E-state index contributed by atoms with van der Waals surface area (Å²) >= 11 is 0. The number of aliphatic hydroxyl groups is 1. The fraction of sp³-hybridized carbons (Fsp3) is 0.696. The minimum absolute atomic E-state index is 0.322. The van der Waals surface area contributed by atoms with Gasteiger partial charge in [0.15, 0.2) is 5.96 Å². The van der Waals surface area contributed by atoms with Crippen LogP contribution in [0.4, 0.5) is 5.69 Å². The Morgan fingerprint density at radius 1 is 1.10 bits per heavy atom. The van der Waals surface area contributed by atoms with Gasteiger partial charge in [-0.25, -0.2) is 4.99 Å². The Hall–Kier alpha value is -1.79. The first kappa shape index (κ1) is 21.9. The number of piperidine rings is 1. The molecule has 0 saturated carbocycles. The zero-order valence-corrected chi connectivity index (χ0v) is 18.1. The molecule has 0 radical (unpaired) electrons. The number of guanidine groups is 1. The maximum atomic E-state index is 9.31. The van der Waals surface area contributed by atoms with Crippen LogP contribution in [0.2, 0.25) is 0 Å². The Labute approximate surface area is 175 Å². The van der Waals surface area contributed by atoms with Crippen molar-refractivity contribution in [2.75, 3.05) is 57.4 Å². The fourth-order valence-electron chi connectivity index (χ4n) is 4.22. The molecule has 2 aliphatic heterocycles. The lowest BCUT2D eigenvalue weighted by atomic mass is 9.97. The second-order valence-electron chi connectivity index (χ2n) is 8.21. The number of ether oxygens (including phenoxy) is 1. The molecule has 0 bridgehead atoms. The highest BCUT2D eigenvalue weighted by Crippen LogP contribution is 2.23. The molecule has 0 amide bonds. The van der Waals surface area contributed by atoms with Gasteiger partial charge >= 0.3 is 0 Å². The van der Waals surface area contributed by atoms with Crippen LogP contribution in [0, 0.1) is 11.8 Å². The molecule has 0 aliphatic carbocycles. The van der Waals surface area contributed by atoms with Crippen molar-refractivity contribution >= 4 is 11.6 Å². The molecule has 2 saturated heterocycles. The van der Waals surface area contributed by atoms with Gasteiger partial charge in [0, 0.05) is 57.5 Å². The van der Waals surface area contributed by atoms with Gasteiger partial charge in [-0.3, -0.25) is 0 Å². The minimum Gasteiger partial charge on any atom is -0.396 e. The predicted octanol–water partition coefficient (Wildman–Crippen LogP) is 2.72. The van der Waals surface area contributed by atoms with Crippen LogP contribution in [0.5, 0.6) is 0 Å². The van der Waals surface area contributed by atoms with E-state index in [0.717, 1.165) is 64.7 Å². The summed E-state index contributed by atoms with van der Waals surface area (Å²) in [6.45, 7) is 11.9. The lowest BCUT2D eigenvalue weighted by Gasteiger charge is -2.32. The Bertz CT molecular complexity index is 626. The quantitative estimate of drug-likeness (QED) is 0.517. The highest BCUT2D eigenvalue weighted by molar-refractivity contribution is 5.80. The van der Waals surface area contributed by atoms with Crippen molar-refractivity contribution in [3.63, 3.8) is 0 Å². The molecule has 6 heteroatoms. The molecule has 2 fully saturated rings. The standard InChI is InChI=1S/C23H38N4O2/c1-3-24-23(27-14-11-21(16-27)18-29-4-2)25-15-19-5-7-22(8-6-19)26-12-9-20(17-28)10-13-26/h5-8,20-21,28H,3-4,9-18H2,1-2H3,(H,24,25). The number of rotatable bonds is 8. The first-order chi connectivity index (χ1) is 14.2. The number of likely N-dealkylation sites (tertiary alicyclic amines) is 1. The number of hydrogen-bond acceptors (Lipinski definition) is 4. The van der Waals surface area contributed by atoms with Crippen LogP contribution < -0.4 is 10.2 Å². The van der Waals surface area contributed by atoms with E-state index in [1.165, 1.54) is 17.7 Å². The maximum Gasteiger partial charge on any atom is 0.194 e. The monoisotopic (exact) mass is 402 g/mol. The summed E-state index contributed by atoms with van der Waals surface area (Å²) in [6.07, 6.45) is 3.33. The summed E-state index contributed by atoms with van der Waals surface area (Å²) in [5.74, 6) is 2.10. The van der Waals surface area contributed by atoms with Crippen molar-refractivity contribution in [2.45, 2.75) is 39.7 Å². The van der Waals surface area contributed by atoms with E-state index in [4.69, 9.17) is 9.73 Å². The first-order valence-corrected chi connectivity index (χ1v) is 11.3. The average molecular weight is 403 g/mol. The Kier molecular flexibility index (Phi) is 8.62. The van der Waals surface area contributed by atoms with Gasteiger partial charge in [-0.05, 0) is 56.7 Å². The molecular weight excluding hydrogens is 364 g/mol. The summed E-state index contributed by atoms with van der Waals surface area (Å²) in [4.78, 5) is 9.68. The van der Waals surface area contributed by atoms with Crippen LogP contribution in [0.3, 0.4) is 0 Å². The summed E-state index contributed by atoms with van der Waals surface area (Å²) in [5, 5.41) is 12.8. The normalized spacial score (nSPS) is 21.1. The first-order valence-electron chi connectivity index (χ1n) is 11.3. The lowest BCUT2D eigenvalue weighted by molar-refractivity contribution is 0.114. The van der Waals surface area contributed by atoms with Gasteiger partial charge in [-0.15, -0.1) is 0 Å². The Balaban J connectivity index is 1.54. The molecule has 1 unspecified atom stereocenters. The van der Waals surface area contributed by atoms with E-state index >= 15 is 0 Å². The maximum absolute atomic E-state index is 9.31. The molecule has 0 spiro atoms. The molecule has 162 valence electrons. The number of anilines is 1. The van der Waals surface area contributed by atoms with Gasteiger partial charge in [-0.1, -0.05) is 12.1 Å². The van der Waals surface area contributed by atoms with E-state index in [-0.39, 0.29) is 0 Å². The van der Waals surface area contributed by atoms with Gasteiger partial charge in [0.05, 0.1) is 13.2 Å². The molecule has 29 heavy (non-hydrogen) atoms. The number of nitrogens with zero attached hydrogens (tertiary/aromatic N) is 3. The second kappa shape index (κ2) is 11.4. The Morgan fingerprint density at radius 3 is 2.48 bits per heavy atom. The van der Waals surface area contributed by atoms with Crippen molar-refractivity contribution in [3.05, 3.63) is 29.8 Å². The summed E-state index contributed by atoms with van der Waals surface area (Å²) in [6, 6.07) is 8.82. The summed E-state index contributed by atoms with van der Waals surface area (Å²) < 4.78 is 5.60. The van der Waals surface area contributed by atoms with Gasteiger partial charge in [-0.2, -0.15) is 0 Å². The van der Waals surface area contributed by atoms with Gasteiger partial charge in [0.2, 0.25) is 0 Å². The SMILES string of the molecule is CCNC(=NCc1ccc(N2CCC(CO)CC2)cc1)N1CCC(COCC)C1. The molecule has 2 aliphatic rings. The van der Waals surface area contributed by atoms with Gasteiger partial charge in [0.1, 0.15) is 0 Å². The van der Waals surface area contributed by atoms with E-state index in [2.05, 4.69) is 53.2 Å². The lowest BCUT2D eigenvalue weighted by Crippen LogP contribution is -2.40. The van der Waals surface area contributed by atoms with Crippen LogP contribution >= 0.6 is 0 Å². The number of benzene rings is 1. The van der Waals surface area contributed by atoms with Gasteiger partial charge < -0.3 is 25.0 Å². The number of aliphatic hydroxyl groups excluding tert-OH is 1. The van der Waals surface area contributed by atoms with E-state index < -0.39 is 0 Å². The average Bonchev–Trinajstić information content (AvgIpc) is 3.24. The molecule has 1 aromatic carbocycles. The van der Waals surface area contributed by atoms with E-state index in [1.807, 2.05) is 0 Å². The zero-order valence-electron chi connectivity index (χ0n) is 18.1. The molecule has 0 aromatic heterocycles. The van der Waals surface area contributed by atoms with E-state index in [1.54, 1.807) is 0 Å². The number of aliphatic imine (C=N–C) groups is 1. The highest BCUT2D eigenvalue weighted by Gasteiger charge is 2.25. The topological polar surface area (TPSA) is 60.3 Å². The van der Waals surface area contributed by atoms with Gasteiger partial charge in [0.25, 0.3) is 0 Å². The van der Waals surface area contributed by atoms with Crippen molar-refractivity contribution in [3.8, 4) is 0 Å². The molecule has 2 heterocycles. The van der Waals surface area contributed by atoms with Crippen molar-refractivity contribution < 1.29 is 9.84 Å². The van der Waals surface area contributed by atoms with E-state index in [9.17, 15) is 5.11 Å². The number of hydrogen-bond donors (Lipinski definition) is 2. The third-order valence-corrected chi connectivity index (χ3v) is 6.06. The highest BCUT2D eigenvalue weighted by atomic mass is 16.5. The zero-order chi connectivity index (χ0) is 20.5. The molecular formula is C23H38N4O2. The molecule has 1 atom stereocenters. The van der Waals surface area contributed by atoms with Crippen LogP contribution in [-0.2, 0) is 11.3 Å². The predicted molar refractivity (Wildman–Crippen MR) is 119 cm³/mol. The summed E-state index contributed by atoms with van der Waals surface area (Å²) in [5.41, 5.74) is 2.51. The molecule has 6 nitrogen and oxygen atoms in total. The fourth-order valence-corrected chi connectivity index (χ4v) is 4.22. The Morgan fingerprint density at radius 2 is 1.83 bits per heavy atom. The second-order valence-corrected chi connectivity index (χ2v) is 8.21. The van der Waals surface area contributed by atoms with Crippen LogP contribution in [0.25, 0.3) is 0 Å². The third-order valence-electron chi connectivity index (χ3n) is 6.06. The smallest absolute Gasteiger partial charge is 0.194 e. The van der Waals surface area contributed by atoms with Crippen molar-refractivity contribution in [1.82, 2.24) is 10.2 Å². The van der Waals surface area contributed by atoms with Crippen LogP contribution in [0.1, 0.15) is 38.7 Å². The van der Waals surface area contributed by atoms with Crippen LogP contribution in [0.15, 0.2) is 29.3 Å². The molecule has 2 N–H and O–H groups in total. The third kappa shape index (κ3) is 6.34. The van der Waals surface area contributed by atoms with Crippen molar-refractivity contribution in [1.29, 1.82) is 0 Å². The summed E-state index contributed by atoms with van der Waals surface area (Å²) in [7, 11) is 0. The molecule has 3 rings (SSSR count). The van der Waals surface area contributed by atoms with Crippen molar-refractivity contribution in [2.24, 2.45) is 16.8 Å². The molecule has 1 aromatic rings. The largest absolute Gasteiger partial charge is 0.396 e. The van der Waals surface area contributed by atoms with E-state index in [0.29, 0.717) is 25.0 Å². The van der Waals surface area contributed by atoms with Crippen LogP contribution in [-0.4, -0.2) is 68.5 Å².